The minimum Gasteiger partial charge on any atom is -0.365 e. The maximum absolute atomic E-state index is 16.0. The maximum atomic E-state index is 16.0. The van der Waals surface area contributed by atoms with E-state index in [1.807, 2.05) is 42.5 Å². The monoisotopic (exact) mass is 544 g/mol. The summed E-state index contributed by atoms with van der Waals surface area (Å²) in [6.45, 7) is 0.299. The second-order valence-corrected chi connectivity index (χ2v) is 10.2. The Labute approximate surface area is 229 Å². The molecule has 0 spiro atoms. The van der Waals surface area contributed by atoms with Crippen LogP contribution in [0.5, 0.6) is 0 Å². The molecule has 2 amide bonds. The van der Waals surface area contributed by atoms with Crippen LogP contribution in [0.1, 0.15) is 35.2 Å². The first-order valence-electron chi connectivity index (χ1n) is 12.8. The molecule has 1 aliphatic heterocycles. The number of nitrogens with two attached hydrogens (primary N) is 1. The van der Waals surface area contributed by atoms with Gasteiger partial charge in [0.25, 0.3) is 5.91 Å². The lowest BCUT2D eigenvalue weighted by atomic mass is 9.83. The molecule has 2 aromatic heterocycles. The number of anilines is 1. The highest BCUT2D eigenvalue weighted by Crippen LogP contribution is 2.40. The van der Waals surface area contributed by atoms with Crippen LogP contribution in [0.2, 0.25) is 0 Å². The number of nitrogens with one attached hydrogen (secondary N) is 1. The van der Waals surface area contributed by atoms with E-state index in [0.717, 1.165) is 5.56 Å². The SMILES string of the molecule is N#CCC1(n2cc(C(N)=O)c(NC(=O)C3CC3C#N)n2)CCN(Cc2ccc(-c3ccccc3)nc2F)CC1F. The van der Waals surface area contributed by atoms with Crippen molar-refractivity contribution in [1.29, 1.82) is 10.5 Å². The third-order valence-corrected chi connectivity index (χ3v) is 7.61. The predicted molar refractivity (Wildman–Crippen MR) is 139 cm³/mol. The van der Waals surface area contributed by atoms with Crippen molar-refractivity contribution in [3.8, 4) is 23.4 Å². The number of carbonyl (C=O) groups is 2. The van der Waals surface area contributed by atoms with Gasteiger partial charge >= 0.3 is 0 Å². The number of hydrogen-bond donors (Lipinski definition) is 2. The van der Waals surface area contributed by atoms with Crippen molar-refractivity contribution in [3.63, 3.8) is 0 Å². The molecule has 4 atom stereocenters. The normalized spacial score (nSPS) is 24.1. The van der Waals surface area contributed by atoms with Crippen molar-refractivity contribution in [1.82, 2.24) is 19.7 Å². The van der Waals surface area contributed by atoms with Crippen LogP contribution in [0.3, 0.4) is 0 Å². The van der Waals surface area contributed by atoms with Gasteiger partial charge in [-0.3, -0.25) is 19.2 Å². The number of carbonyl (C=O) groups excluding carboxylic acids is 2. The van der Waals surface area contributed by atoms with Gasteiger partial charge in [-0.2, -0.15) is 20.0 Å². The van der Waals surface area contributed by atoms with E-state index in [4.69, 9.17) is 11.0 Å². The summed E-state index contributed by atoms with van der Waals surface area (Å²) in [5.74, 6) is -3.06. The summed E-state index contributed by atoms with van der Waals surface area (Å²) in [4.78, 5) is 30.4. The highest BCUT2D eigenvalue weighted by atomic mass is 19.1. The molecule has 1 aliphatic carbocycles. The fraction of sp³-hybridized carbons (Fsp3) is 0.357. The maximum Gasteiger partial charge on any atom is 0.254 e. The molecular formula is C28H26F2N8O2. The number of nitriles is 2. The number of aromatic nitrogens is 3. The fourth-order valence-corrected chi connectivity index (χ4v) is 5.12. The Balaban J connectivity index is 1.34. The lowest BCUT2D eigenvalue weighted by molar-refractivity contribution is -0.117. The largest absolute Gasteiger partial charge is 0.365 e. The average molecular weight is 545 g/mol. The Morgan fingerprint density at radius 3 is 2.60 bits per heavy atom. The number of alkyl halides is 1. The fourth-order valence-electron chi connectivity index (χ4n) is 5.12. The number of halogens is 2. The molecular weight excluding hydrogens is 518 g/mol. The Kier molecular flexibility index (Phi) is 7.28. The molecule has 40 heavy (non-hydrogen) atoms. The van der Waals surface area contributed by atoms with E-state index >= 15 is 4.39 Å². The van der Waals surface area contributed by atoms with Crippen LogP contribution in [0, 0.1) is 40.4 Å². The van der Waals surface area contributed by atoms with Crippen molar-refractivity contribution in [2.75, 3.05) is 18.4 Å². The lowest BCUT2D eigenvalue weighted by Crippen LogP contribution is -2.54. The topological polar surface area (TPSA) is 154 Å². The average Bonchev–Trinajstić information content (AvgIpc) is 3.63. The van der Waals surface area contributed by atoms with Crippen LogP contribution in [0.25, 0.3) is 11.3 Å². The summed E-state index contributed by atoms with van der Waals surface area (Å²) in [5, 5.41) is 25.4. The molecule has 1 saturated carbocycles. The van der Waals surface area contributed by atoms with Crippen LogP contribution in [-0.4, -0.2) is 50.7 Å². The van der Waals surface area contributed by atoms with Gasteiger partial charge in [-0.15, -0.1) is 0 Å². The first-order chi connectivity index (χ1) is 19.3. The van der Waals surface area contributed by atoms with Gasteiger partial charge in [0.05, 0.1) is 36.1 Å². The minimum absolute atomic E-state index is 0.116. The van der Waals surface area contributed by atoms with E-state index in [2.05, 4.69) is 15.4 Å². The van der Waals surface area contributed by atoms with Crippen molar-refractivity contribution in [2.45, 2.75) is 37.5 Å². The summed E-state index contributed by atoms with van der Waals surface area (Å²) < 4.78 is 32.0. The zero-order chi connectivity index (χ0) is 28.4. The van der Waals surface area contributed by atoms with Crippen molar-refractivity contribution < 1.29 is 18.4 Å². The third kappa shape index (κ3) is 5.14. The van der Waals surface area contributed by atoms with E-state index < -0.39 is 41.3 Å². The minimum atomic E-state index is -1.61. The van der Waals surface area contributed by atoms with E-state index in [-0.39, 0.29) is 37.3 Å². The van der Waals surface area contributed by atoms with E-state index in [0.29, 0.717) is 24.2 Å². The number of benzene rings is 1. The van der Waals surface area contributed by atoms with Crippen LogP contribution < -0.4 is 11.1 Å². The van der Waals surface area contributed by atoms with E-state index in [9.17, 15) is 19.2 Å². The summed E-state index contributed by atoms with van der Waals surface area (Å²) in [7, 11) is 0. The van der Waals surface area contributed by atoms with Gasteiger partial charge in [-0.25, -0.2) is 9.37 Å². The Bertz CT molecular complexity index is 1530. The number of primary amides is 1. The lowest BCUT2D eigenvalue weighted by Gasteiger charge is -2.43. The molecule has 10 nitrogen and oxygen atoms in total. The molecule has 2 aliphatic rings. The van der Waals surface area contributed by atoms with E-state index in [1.54, 1.807) is 17.0 Å². The molecule has 2 fully saturated rings. The number of pyridine rings is 1. The second kappa shape index (κ2) is 10.8. The second-order valence-electron chi connectivity index (χ2n) is 10.2. The van der Waals surface area contributed by atoms with Crippen LogP contribution in [0.15, 0.2) is 48.7 Å². The summed E-state index contributed by atoms with van der Waals surface area (Å²) >= 11 is 0. The number of hydrogen-bond acceptors (Lipinski definition) is 7. The number of piperidine rings is 1. The Morgan fingerprint density at radius 2 is 1.98 bits per heavy atom. The van der Waals surface area contributed by atoms with Crippen molar-refractivity contribution >= 4 is 17.6 Å². The summed E-state index contributed by atoms with van der Waals surface area (Å²) in [5.41, 5.74) is 5.53. The van der Waals surface area contributed by atoms with Gasteiger partial charge < -0.3 is 11.1 Å². The number of likely N-dealkylation sites (tertiary alicyclic amines) is 1. The molecule has 3 heterocycles. The van der Waals surface area contributed by atoms with Gasteiger partial charge in [0.15, 0.2) is 5.82 Å². The molecule has 0 radical (unpaired) electrons. The van der Waals surface area contributed by atoms with Gasteiger partial charge in [0.2, 0.25) is 11.9 Å². The van der Waals surface area contributed by atoms with Crippen molar-refractivity contribution in [2.24, 2.45) is 17.6 Å². The Morgan fingerprint density at radius 1 is 1.20 bits per heavy atom. The van der Waals surface area contributed by atoms with Crippen LogP contribution in [0.4, 0.5) is 14.6 Å². The highest BCUT2D eigenvalue weighted by molar-refractivity contribution is 6.03. The van der Waals surface area contributed by atoms with E-state index in [1.165, 1.54) is 10.9 Å². The van der Waals surface area contributed by atoms with Gasteiger partial charge in [0.1, 0.15) is 17.3 Å². The highest BCUT2D eigenvalue weighted by Gasteiger charge is 2.47. The Hall–Kier alpha value is -4.68. The third-order valence-electron chi connectivity index (χ3n) is 7.61. The van der Waals surface area contributed by atoms with Gasteiger partial charge in [-0.1, -0.05) is 36.4 Å². The number of nitrogens with zero attached hydrogens (tertiary/aromatic N) is 6. The van der Waals surface area contributed by atoms with Gasteiger partial charge in [0, 0.05) is 37.0 Å². The molecule has 1 aromatic carbocycles. The molecule has 12 heteroatoms. The molecule has 5 rings (SSSR count). The molecule has 0 bridgehead atoms. The summed E-state index contributed by atoms with van der Waals surface area (Å²) in [6, 6.07) is 16.6. The molecule has 3 N–H and O–H groups in total. The molecule has 204 valence electrons. The van der Waals surface area contributed by atoms with Crippen LogP contribution in [-0.2, 0) is 16.9 Å². The zero-order valence-electron chi connectivity index (χ0n) is 21.4. The van der Waals surface area contributed by atoms with Crippen LogP contribution >= 0.6 is 0 Å². The summed E-state index contributed by atoms with van der Waals surface area (Å²) in [6.07, 6.45) is -0.0867. The number of rotatable bonds is 8. The standard InChI is InChI=1S/C28H26F2N8O2/c29-23-16-37(14-18-6-7-22(34-24(18)30)17-4-2-1-3-5-17)11-9-28(23,8-10-31)38-15-21(25(33)39)26(36-38)35-27(40)20-12-19(20)13-32/h1-7,15,19-20,23H,8-9,11-12,14,16H2,(H2,33,39)(H,35,36,40). The molecule has 4 unspecified atom stereocenters. The predicted octanol–water partition coefficient (Wildman–Crippen LogP) is 3.13. The van der Waals surface area contributed by atoms with Crippen molar-refractivity contribution in [3.05, 3.63) is 65.7 Å². The smallest absolute Gasteiger partial charge is 0.254 e. The van der Waals surface area contributed by atoms with Gasteiger partial charge in [-0.05, 0) is 18.9 Å². The molecule has 3 aromatic rings. The first kappa shape index (κ1) is 26.9. The quantitative estimate of drug-likeness (QED) is 0.413. The molecule has 1 saturated heterocycles. The first-order valence-corrected chi connectivity index (χ1v) is 12.8. The zero-order valence-corrected chi connectivity index (χ0v) is 21.4. The number of amides is 2.